The monoisotopic (exact) mass is 334 g/mol. The van der Waals surface area contributed by atoms with Crippen molar-refractivity contribution in [3.63, 3.8) is 0 Å². The average molecular weight is 334 g/mol. The number of carbonyl (C=O) groups excluding carboxylic acids is 2. The Hall–Kier alpha value is -3.15. The summed E-state index contributed by atoms with van der Waals surface area (Å²) in [6.07, 6.45) is 1.73. The van der Waals surface area contributed by atoms with Gasteiger partial charge in [-0.2, -0.15) is 0 Å². The molecular formula is C19H18N4O2. The van der Waals surface area contributed by atoms with Crippen LogP contribution in [0.25, 0.3) is 11.0 Å². The van der Waals surface area contributed by atoms with Crippen molar-refractivity contribution in [1.29, 1.82) is 0 Å². The molecule has 1 unspecified atom stereocenters. The highest BCUT2D eigenvalue weighted by Crippen LogP contribution is 2.26. The van der Waals surface area contributed by atoms with Crippen LogP contribution < -0.4 is 10.2 Å². The summed E-state index contributed by atoms with van der Waals surface area (Å²) in [7, 11) is 1.92. The number of nitrogens with one attached hydrogen (secondary N) is 1. The van der Waals surface area contributed by atoms with E-state index in [0.29, 0.717) is 23.4 Å². The predicted molar refractivity (Wildman–Crippen MR) is 95.8 cm³/mol. The number of fused-ring (bicyclic) bond motifs is 2. The first-order valence-electron chi connectivity index (χ1n) is 8.17. The van der Waals surface area contributed by atoms with Gasteiger partial charge in [-0.05, 0) is 37.3 Å². The van der Waals surface area contributed by atoms with E-state index >= 15 is 0 Å². The van der Waals surface area contributed by atoms with Gasteiger partial charge in [-0.15, -0.1) is 0 Å². The molecule has 1 atom stereocenters. The van der Waals surface area contributed by atoms with Crippen LogP contribution in [0.15, 0.2) is 48.8 Å². The number of hydrogen-bond acceptors (Lipinski definition) is 3. The van der Waals surface area contributed by atoms with E-state index < -0.39 is 0 Å². The van der Waals surface area contributed by atoms with Gasteiger partial charge in [-0.25, -0.2) is 4.98 Å². The van der Waals surface area contributed by atoms with E-state index in [1.54, 1.807) is 35.5 Å². The van der Waals surface area contributed by atoms with Gasteiger partial charge >= 0.3 is 0 Å². The summed E-state index contributed by atoms with van der Waals surface area (Å²) in [6.45, 7) is 2.31. The van der Waals surface area contributed by atoms with Gasteiger partial charge in [0.25, 0.3) is 11.8 Å². The number of benzene rings is 2. The molecule has 6 heteroatoms. The van der Waals surface area contributed by atoms with E-state index in [-0.39, 0.29) is 17.9 Å². The molecule has 2 amide bonds. The third-order valence-electron chi connectivity index (χ3n) is 4.49. The summed E-state index contributed by atoms with van der Waals surface area (Å²) in [5, 5.41) is 2.92. The van der Waals surface area contributed by atoms with Crippen LogP contribution in [0.4, 0.5) is 5.69 Å². The molecule has 1 N–H and O–H groups in total. The Labute approximate surface area is 145 Å². The molecule has 126 valence electrons. The van der Waals surface area contributed by atoms with E-state index in [0.717, 1.165) is 11.0 Å². The topological polar surface area (TPSA) is 67.2 Å². The fourth-order valence-electron chi connectivity index (χ4n) is 3.24. The zero-order valence-corrected chi connectivity index (χ0v) is 14.1. The van der Waals surface area contributed by atoms with Crippen LogP contribution in [0.2, 0.25) is 0 Å². The first-order valence-corrected chi connectivity index (χ1v) is 8.17. The van der Waals surface area contributed by atoms with Crippen molar-refractivity contribution in [2.75, 3.05) is 11.4 Å². The van der Waals surface area contributed by atoms with E-state index in [1.165, 1.54) is 0 Å². The van der Waals surface area contributed by atoms with Crippen LogP contribution in [0.5, 0.6) is 0 Å². The summed E-state index contributed by atoms with van der Waals surface area (Å²) in [6, 6.07) is 12.6. The van der Waals surface area contributed by atoms with Gasteiger partial charge in [0.05, 0.1) is 28.6 Å². The predicted octanol–water partition coefficient (Wildman–Crippen LogP) is 2.35. The number of carbonyl (C=O) groups is 2. The number of imidazole rings is 1. The molecule has 2 aromatic carbocycles. The maximum atomic E-state index is 13.2. The van der Waals surface area contributed by atoms with E-state index in [4.69, 9.17) is 0 Å². The lowest BCUT2D eigenvalue weighted by molar-refractivity contribution is 0.0939. The molecule has 0 saturated heterocycles. The van der Waals surface area contributed by atoms with Gasteiger partial charge in [0.1, 0.15) is 0 Å². The largest absolute Gasteiger partial charge is 0.348 e. The van der Waals surface area contributed by atoms with Gasteiger partial charge < -0.3 is 14.8 Å². The molecule has 6 nitrogen and oxygen atoms in total. The standard InChI is InChI=1S/C19H18N4O2/c1-12-10-23(16-6-4-3-5-14(16)18(24)21-12)19(25)13-7-8-17-15(9-13)20-11-22(17)2/h3-9,11-12H,10H2,1-2H3,(H,21,24). The van der Waals surface area contributed by atoms with Crippen LogP contribution in [0, 0.1) is 0 Å². The van der Waals surface area contributed by atoms with Crippen molar-refractivity contribution in [3.8, 4) is 0 Å². The van der Waals surface area contributed by atoms with E-state index in [9.17, 15) is 9.59 Å². The quantitative estimate of drug-likeness (QED) is 0.743. The second-order valence-electron chi connectivity index (χ2n) is 6.37. The van der Waals surface area contributed by atoms with Crippen molar-refractivity contribution in [1.82, 2.24) is 14.9 Å². The molecule has 1 aromatic heterocycles. The van der Waals surface area contributed by atoms with Gasteiger partial charge in [-0.1, -0.05) is 12.1 Å². The number of para-hydroxylation sites is 1. The molecule has 4 rings (SSSR count). The Morgan fingerprint density at radius 2 is 2.04 bits per heavy atom. The summed E-state index contributed by atoms with van der Waals surface area (Å²) < 4.78 is 1.91. The van der Waals surface area contributed by atoms with Crippen LogP contribution in [-0.2, 0) is 7.05 Å². The van der Waals surface area contributed by atoms with Crippen LogP contribution in [0.1, 0.15) is 27.6 Å². The molecular weight excluding hydrogens is 316 g/mol. The summed E-state index contributed by atoms with van der Waals surface area (Å²) in [5.41, 5.74) is 3.45. The summed E-state index contributed by atoms with van der Waals surface area (Å²) in [5.74, 6) is -0.290. The van der Waals surface area contributed by atoms with Gasteiger partial charge in [0.2, 0.25) is 0 Å². The fourth-order valence-corrected chi connectivity index (χ4v) is 3.24. The number of amides is 2. The normalized spacial score (nSPS) is 17.1. The minimum Gasteiger partial charge on any atom is -0.348 e. The Morgan fingerprint density at radius 1 is 1.24 bits per heavy atom. The third-order valence-corrected chi connectivity index (χ3v) is 4.49. The summed E-state index contributed by atoms with van der Waals surface area (Å²) in [4.78, 5) is 31.5. The van der Waals surface area contributed by atoms with Crippen LogP contribution >= 0.6 is 0 Å². The molecule has 1 aliphatic rings. The molecule has 0 radical (unpaired) electrons. The highest BCUT2D eigenvalue weighted by Gasteiger charge is 2.28. The molecule has 0 saturated carbocycles. The molecule has 0 bridgehead atoms. The van der Waals surface area contributed by atoms with Gasteiger partial charge in [0, 0.05) is 25.2 Å². The highest BCUT2D eigenvalue weighted by atomic mass is 16.2. The maximum Gasteiger partial charge on any atom is 0.258 e. The van der Waals surface area contributed by atoms with E-state index in [1.807, 2.05) is 36.7 Å². The first-order chi connectivity index (χ1) is 12.0. The summed E-state index contributed by atoms with van der Waals surface area (Å²) >= 11 is 0. The highest BCUT2D eigenvalue weighted by molar-refractivity contribution is 6.12. The molecule has 0 spiro atoms. The number of aryl methyl sites for hydroxylation is 1. The number of nitrogens with zero attached hydrogens (tertiary/aromatic N) is 3. The zero-order chi connectivity index (χ0) is 17.6. The van der Waals surface area contributed by atoms with Crippen molar-refractivity contribution in [2.24, 2.45) is 7.05 Å². The number of anilines is 1. The Bertz CT molecular complexity index is 992. The molecule has 0 fully saturated rings. The first kappa shape index (κ1) is 15.4. The molecule has 1 aliphatic heterocycles. The van der Waals surface area contributed by atoms with Crippen LogP contribution in [0.3, 0.4) is 0 Å². The molecule has 0 aliphatic carbocycles. The Morgan fingerprint density at radius 3 is 2.88 bits per heavy atom. The minimum atomic E-state index is -0.154. The average Bonchev–Trinajstić information content (AvgIpc) is 2.93. The lowest BCUT2D eigenvalue weighted by Gasteiger charge is -2.24. The Kier molecular flexibility index (Phi) is 3.53. The lowest BCUT2D eigenvalue weighted by atomic mass is 10.1. The maximum absolute atomic E-state index is 13.2. The second-order valence-corrected chi connectivity index (χ2v) is 6.37. The van der Waals surface area contributed by atoms with Gasteiger partial charge in [-0.3, -0.25) is 9.59 Å². The SMILES string of the molecule is CC1CN(C(=O)c2ccc3c(c2)ncn3C)c2ccccc2C(=O)N1. The zero-order valence-electron chi connectivity index (χ0n) is 14.1. The number of rotatable bonds is 1. The fraction of sp³-hybridized carbons (Fsp3) is 0.211. The molecule has 2 heterocycles. The van der Waals surface area contributed by atoms with Crippen molar-refractivity contribution >= 4 is 28.5 Å². The van der Waals surface area contributed by atoms with Crippen molar-refractivity contribution < 1.29 is 9.59 Å². The number of aromatic nitrogens is 2. The van der Waals surface area contributed by atoms with Crippen molar-refractivity contribution in [2.45, 2.75) is 13.0 Å². The second kappa shape index (κ2) is 5.73. The minimum absolute atomic E-state index is 0.136. The molecule has 25 heavy (non-hydrogen) atoms. The number of hydrogen-bond donors (Lipinski definition) is 1. The molecule has 3 aromatic rings. The third kappa shape index (κ3) is 2.55. The smallest absolute Gasteiger partial charge is 0.258 e. The van der Waals surface area contributed by atoms with E-state index in [2.05, 4.69) is 10.3 Å². The van der Waals surface area contributed by atoms with Crippen molar-refractivity contribution in [3.05, 3.63) is 59.9 Å². The van der Waals surface area contributed by atoms with Gasteiger partial charge in [0.15, 0.2) is 0 Å². The lowest BCUT2D eigenvalue weighted by Crippen LogP contribution is -2.41. The van der Waals surface area contributed by atoms with Crippen LogP contribution in [-0.4, -0.2) is 34.0 Å². The Balaban J connectivity index is 1.79.